The first-order valence-electron chi connectivity index (χ1n) is 7.33. The number of rotatable bonds is 9. The van der Waals surface area contributed by atoms with E-state index in [-0.39, 0.29) is 30.3 Å². The Hall–Kier alpha value is -2.94. The molecule has 1 amide bonds. The van der Waals surface area contributed by atoms with E-state index >= 15 is 0 Å². The highest BCUT2D eigenvalue weighted by molar-refractivity contribution is 6.63. The van der Waals surface area contributed by atoms with E-state index in [1.165, 1.54) is 29.1 Å². The number of aromatic nitrogens is 2. The van der Waals surface area contributed by atoms with Crippen LogP contribution in [0.2, 0.25) is 0 Å². The van der Waals surface area contributed by atoms with Crippen molar-refractivity contribution < 1.29 is 19.2 Å². The molecule has 10 heteroatoms. The molecule has 132 valence electrons. The number of hydrogen-bond donors (Lipinski definition) is 1. The molecular weight excluding hydrogens is 352 g/mol. The molecule has 25 heavy (non-hydrogen) atoms. The molecule has 0 saturated heterocycles. The maximum Gasteiger partial charge on any atom is 0.311 e. The van der Waals surface area contributed by atoms with Gasteiger partial charge in [0.1, 0.15) is 5.69 Å². The molecule has 0 aliphatic rings. The smallest absolute Gasteiger partial charge is 0.311 e. The van der Waals surface area contributed by atoms with E-state index < -0.39 is 16.1 Å². The summed E-state index contributed by atoms with van der Waals surface area (Å²) in [7, 11) is 0. The molecule has 0 unspecified atom stereocenters. The standard InChI is InChI=1S/C15H15ClN4O5/c16-14(21)6-3-8-17-15(22)11-7-9-19(18-11)10-25-13-5-2-1-4-12(13)20(23)24/h1-2,4-5,7,9H,3,6,8,10H2,(H,17,22). The highest BCUT2D eigenvalue weighted by atomic mass is 35.5. The number of nitro benzene ring substituents is 1. The molecule has 0 saturated carbocycles. The minimum atomic E-state index is -0.539. The predicted molar refractivity (Wildman–Crippen MR) is 88.4 cm³/mol. The average Bonchev–Trinajstić information content (AvgIpc) is 3.05. The van der Waals surface area contributed by atoms with Crippen molar-refractivity contribution in [3.05, 3.63) is 52.3 Å². The number of carbonyl (C=O) groups excluding carboxylic acids is 2. The Morgan fingerprint density at radius 3 is 2.80 bits per heavy atom. The fourth-order valence-corrected chi connectivity index (χ4v) is 2.07. The van der Waals surface area contributed by atoms with Crippen LogP contribution in [0.4, 0.5) is 5.69 Å². The first-order valence-corrected chi connectivity index (χ1v) is 7.71. The summed E-state index contributed by atoms with van der Waals surface area (Å²) in [4.78, 5) is 32.9. The Morgan fingerprint density at radius 1 is 1.32 bits per heavy atom. The predicted octanol–water partition coefficient (Wildman–Crippen LogP) is 2.10. The maximum atomic E-state index is 11.9. The Morgan fingerprint density at radius 2 is 2.08 bits per heavy atom. The van der Waals surface area contributed by atoms with Gasteiger partial charge < -0.3 is 10.1 Å². The van der Waals surface area contributed by atoms with Crippen molar-refractivity contribution in [2.45, 2.75) is 19.6 Å². The van der Waals surface area contributed by atoms with Gasteiger partial charge in [0.2, 0.25) is 5.24 Å². The fourth-order valence-electron chi connectivity index (χ4n) is 1.94. The molecular formula is C15H15ClN4O5. The zero-order valence-electron chi connectivity index (χ0n) is 13.1. The normalized spacial score (nSPS) is 10.3. The van der Waals surface area contributed by atoms with Gasteiger partial charge in [-0.2, -0.15) is 5.10 Å². The zero-order chi connectivity index (χ0) is 18.2. The lowest BCUT2D eigenvalue weighted by molar-refractivity contribution is -0.386. The molecule has 1 aromatic heterocycles. The Kier molecular flexibility index (Phi) is 6.47. The van der Waals surface area contributed by atoms with Gasteiger partial charge in [0.15, 0.2) is 12.5 Å². The molecule has 0 atom stereocenters. The molecule has 0 fully saturated rings. The van der Waals surface area contributed by atoms with E-state index in [9.17, 15) is 19.7 Å². The van der Waals surface area contributed by atoms with Crippen molar-refractivity contribution >= 4 is 28.4 Å². The van der Waals surface area contributed by atoms with Crippen LogP contribution in [-0.4, -0.2) is 32.4 Å². The molecule has 0 radical (unpaired) electrons. The summed E-state index contributed by atoms with van der Waals surface area (Å²) in [5.41, 5.74) is 0.0184. The second-order valence-corrected chi connectivity index (χ2v) is 5.37. The first-order chi connectivity index (χ1) is 12.0. The SMILES string of the molecule is O=C(Cl)CCCNC(=O)c1ccn(COc2ccccc2[N+](=O)[O-])n1. The number of halogens is 1. The summed E-state index contributed by atoms with van der Waals surface area (Å²) < 4.78 is 6.72. The second-order valence-electron chi connectivity index (χ2n) is 4.95. The number of ether oxygens (including phenoxy) is 1. The summed E-state index contributed by atoms with van der Waals surface area (Å²) in [6.07, 6.45) is 2.14. The fraction of sp³-hybridized carbons (Fsp3) is 0.267. The molecule has 1 aromatic carbocycles. The minimum absolute atomic E-state index is 0.0844. The van der Waals surface area contributed by atoms with Crippen LogP contribution in [0.25, 0.3) is 0 Å². The Bertz CT molecular complexity index is 777. The van der Waals surface area contributed by atoms with E-state index in [4.69, 9.17) is 16.3 Å². The zero-order valence-corrected chi connectivity index (χ0v) is 13.8. The van der Waals surface area contributed by atoms with Crippen LogP contribution in [0.1, 0.15) is 23.3 Å². The van der Waals surface area contributed by atoms with E-state index in [1.807, 2.05) is 0 Å². The lowest BCUT2D eigenvalue weighted by Crippen LogP contribution is -2.25. The summed E-state index contributed by atoms with van der Waals surface area (Å²) in [5.74, 6) is -0.286. The van der Waals surface area contributed by atoms with Crippen LogP contribution in [0, 0.1) is 10.1 Å². The number of hydrogen-bond acceptors (Lipinski definition) is 6. The monoisotopic (exact) mass is 366 g/mol. The molecule has 1 heterocycles. The van der Waals surface area contributed by atoms with Gasteiger partial charge in [-0.1, -0.05) is 12.1 Å². The van der Waals surface area contributed by atoms with Crippen molar-refractivity contribution in [3.8, 4) is 5.75 Å². The Balaban J connectivity index is 1.88. The van der Waals surface area contributed by atoms with E-state index in [0.717, 1.165) is 0 Å². The number of nitro groups is 1. The van der Waals surface area contributed by atoms with Crippen LogP contribution in [0.3, 0.4) is 0 Å². The molecule has 9 nitrogen and oxygen atoms in total. The summed E-state index contributed by atoms with van der Waals surface area (Å²) >= 11 is 5.21. The topological polar surface area (TPSA) is 116 Å². The number of nitrogens with zero attached hydrogens (tertiary/aromatic N) is 3. The maximum absolute atomic E-state index is 11.9. The average molecular weight is 367 g/mol. The first kappa shape index (κ1) is 18.4. The van der Waals surface area contributed by atoms with Gasteiger partial charge in [-0.3, -0.25) is 19.7 Å². The summed E-state index contributed by atoms with van der Waals surface area (Å²) in [6.45, 7) is 0.218. The van der Waals surface area contributed by atoms with Gasteiger partial charge in [-0.15, -0.1) is 0 Å². The van der Waals surface area contributed by atoms with Gasteiger partial charge in [0, 0.05) is 25.2 Å². The third kappa shape index (κ3) is 5.57. The molecule has 0 aliphatic carbocycles. The number of nitrogens with one attached hydrogen (secondary N) is 1. The minimum Gasteiger partial charge on any atom is -0.464 e. The number of benzene rings is 1. The van der Waals surface area contributed by atoms with E-state index in [0.29, 0.717) is 13.0 Å². The van der Waals surface area contributed by atoms with Crippen LogP contribution in [0.5, 0.6) is 5.75 Å². The lowest BCUT2D eigenvalue weighted by Gasteiger charge is -2.06. The number of amides is 1. The number of carbonyl (C=O) groups is 2. The van der Waals surface area contributed by atoms with Crippen molar-refractivity contribution in [2.75, 3.05) is 6.54 Å². The molecule has 1 N–H and O–H groups in total. The quantitative estimate of drug-likeness (QED) is 0.314. The van der Waals surface area contributed by atoms with Gasteiger partial charge >= 0.3 is 5.69 Å². The molecule has 0 spiro atoms. The van der Waals surface area contributed by atoms with E-state index in [1.54, 1.807) is 12.1 Å². The van der Waals surface area contributed by atoms with Crippen molar-refractivity contribution in [1.29, 1.82) is 0 Å². The van der Waals surface area contributed by atoms with Crippen molar-refractivity contribution in [2.24, 2.45) is 0 Å². The van der Waals surface area contributed by atoms with Crippen molar-refractivity contribution in [3.63, 3.8) is 0 Å². The second kappa shape index (κ2) is 8.78. The summed E-state index contributed by atoms with van der Waals surface area (Å²) in [6, 6.07) is 7.47. The summed E-state index contributed by atoms with van der Waals surface area (Å²) in [5, 5.41) is 17.1. The van der Waals surface area contributed by atoms with Gasteiger partial charge in [-0.05, 0) is 30.2 Å². The molecule has 0 bridgehead atoms. The molecule has 0 aliphatic heterocycles. The van der Waals surface area contributed by atoms with Crippen LogP contribution < -0.4 is 10.1 Å². The van der Waals surface area contributed by atoms with Crippen LogP contribution in [0.15, 0.2) is 36.5 Å². The highest BCUT2D eigenvalue weighted by Gasteiger charge is 2.14. The van der Waals surface area contributed by atoms with Crippen LogP contribution in [-0.2, 0) is 11.5 Å². The van der Waals surface area contributed by atoms with E-state index in [2.05, 4.69) is 10.4 Å². The van der Waals surface area contributed by atoms with Gasteiger partial charge in [0.25, 0.3) is 5.91 Å². The third-order valence-corrected chi connectivity index (χ3v) is 3.31. The van der Waals surface area contributed by atoms with Crippen molar-refractivity contribution in [1.82, 2.24) is 15.1 Å². The highest BCUT2D eigenvalue weighted by Crippen LogP contribution is 2.25. The Labute approximate surface area is 147 Å². The third-order valence-electron chi connectivity index (χ3n) is 3.12. The van der Waals surface area contributed by atoms with Gasteiger partial charge in [-0.25, -0.2) is 4.68 Å². The molecule has 2 rings (SSSR count). The van der Waals surface area contributed by atoms with Crippen LogP contribution >= 0.6 is 11.6 Å². The largest absolute Gasteiger partial charge is 0.464 e. The number of para-hydroxylation sites is 2. The lowest BCUT2D eigenvalue weighted by atomic mass is 10.3. The molecule has 2 aromatic rings. The van der Waals surface area contributed by atoms with Gasteiger partial charge in [0.05, 0.1) is 4.92 Å².